The van der Waals surface area contributed by atoms with Crippen LogP contribution in [0.4, 0.5) is 0 Å². The standard InChI is InChI=1S/C15H21IO2/c1-3-4-6-9-12(2)14(15(17)18-16)13-10-7-5-8-11-13/h5,7-8,10-12,14H,3-4,6,9H2,1-2H3. The maximum absolute atomic E-state index is 12.0. The molecule has 1 aromatic rings. The van der Waals surface area contributed by atoms with Crippen molar-refractivity contribution in [3.8, 4) is 0 Å². The van der Waals surface area contributed by atoms with Crippen LogP contribution in [0.1, 0.15) is 51.0 Å². The van der Waals surface area contributed by atoms with E-state index in [1.54, 1.807) is 23.0 Å². The Morgan fingerprint density at radius 2 is 1.94 bits per heavy atom. The molecule has 0 fully saturated rings. The molecule has 0 saturated carbocycles. The van der Waals surface area contributed by atoms with Gasteiger partial charge in [-0.15, -0.1) is 0 Å². The predicted octanol–water partition coefficient (Wildman–Crippen LogP) is 4.88. The summed E-state index contributed by atoms with van der Waals surface area (Å²) in [5.74, 6) is 0.0481. The molecule has 0 amide bonds. The number of hydrogen-bond acceptors (Lipinski definition) is 2. The Bertz CT molecular complexity index is 351. The van der Waals surface area contributed by atoms with E-state index in [-0.39, 0.29) is 11.9 Å². The minimum absolute atomic E-state index is 0.134. The van der Waals surface area contributed by atoms with Gasteiger partial charge in [0.1, 0.15) is 0 Å². The summed E-state index contributed by atoms with van der Waals surface area (Å²) in [6.07, 6.45) is 4.68. The Labute approximate surface area is 124 Å². The van der Waals surface area contributed by atoms with Gasteiger partial charge in [0.15, 0.2) is 23.0 Å². The number of rotatable bonds is 7. The summed E-state index contributed by atoms with van der Waals surface area (Å²) in [6, 6.07) is 9.93. The first kappa shape index (κ1) is 15.5. The van der Waals surface area contributed by atoms with E-state index in [1.165, 1.54) is 19.3 Å². The zero-order valence-electron chi connectivity index (χ0n) is 11.1. The number of carbonyl (C=O) groups is 1. The summed E-state index contributed by atoms with van der Waals surface area (Å²) in [4.78, 5) is 12.0. The van der Waals surface area contributed by atoms with Gasteiger partial charge in [-0.3, -0.25) is 4.79 Å². The molecule has 0 aliphatic rings. The quantitative estimate of drug-likeness (QED) is 0.512. The molecule has 2 unspecified atom stereocenters. The monoisotopic (exact) mass is 360 g/mol. The number of benzene rings is 1. The van der Waals surface area contributed by atoms with E-state index >= 15 is 0 Å². The summed E-state index contributed by atoms with van der Waals surface area (Å²) >= 11 is 1.68. The average molecular weight is 360 g/mol. The summed E-state index contributed by atoms with van der Waals surface area (Å²) in [7, 11) is 0. The van der Waals surface area contributed by atoms with E-state index in [4.69, 9.17) is 3.07 Å². The van der Waals surface area contributed by atoms with E-state index in [9.17, 15) is 4.79 Å². The molecule has 0 bridgehead atoms. The van der Waals surface area contributed by atoms with Crippen molar-refractivity contribution in [3.05, 3.63) is 35.9 Å². The Morgan fingerprint density at radius 1 is 1.28 bits per heavy atom. The maximum Gasteiger partial charge on any atom is 0.323 e. The maximum atomic E-state index is 12.0. The molecule has 0 aliphatic carbocycles. The Morgan fingerprint density at radius 3 is 2.50 bits per heavy atom. The predicted molar refractivity (Wildman–Crippen MR) is 82.6 cm³/mol. The van der Waals surface area contributed by atoms with Crippen molar-refractivity contribution in [2.75, 3.05) is 0 Å². The van der Waals surface area contributed by atoms with Crippen molar-refractivity contribution in [1.29, 1.82) is 0 Å². The fourth-order valence-corrected chi connectivity index (χ4v) is 2.56. The molecule has 0 aliphatic heterocycles. The molecular weight excluding hydrogens is 339 g/mol. The molecule has 0 aromatic heterocycles. The molecule has 0 radical (unpaired) electrons. The molecule has 2 nitrogen and oxygen atoms in total. The Kier molecular flexibility index (Phi) is 7.32. The van der Waals surface area contributed by atoms with Crippen molar-refractivity contribution < 1.29 is 7.86 Å². The SMILES string of the molecule is CCCCCC(C)C(C(=O)OI)c1ccccc1. The van der Waals surface area contributed by atoms with Crippen molar-refractivity contribution >= 4 is 29.0 Å². The fraction of sp³-hybridized carbons (Fsp3) is 0.533. The third-order valence-corrected chi connectivity index (χ3v) is 3.75. The van der Waals surface area contributed by atoms with Crippen LogP contribution in [0.25, 0.3) is 0 Å². The number of carbonyl (C=O) groups excluding carboxylic acids is 1. The van der Waals surface area contributed by atoms with Crippen molar-refractivity contribution in [2.45, 2.75) is 45.4 Å². The lowest BCUT2D eigenvalue weighted by atomic mass is 9.84. The first-order chi connectivity index (χ1) is 8.70. The molecule has 1 aromatic carbocycles. The van der Waals surface area contributed by atoms with E-state index < -0.39 is 0 Å². The highest BCUT2D eigenvalue weighted by Gasteiger charge is 2.27. The zero-order valence-corrected chi connectivity index (χ0v) is 13.2. The first-order valence-electron chi connectivity index (χ1n) is 6.58. The molecule has 2 atom stereocenters. The second-order valence-corrected chi connectivity index (χ2v) is 5.20. The van der Waals surface area contributed by atoms with Crippen LogP contribution in [0.2, 0.25) is 0 Å². The molecule has 0 saturated heterocycles. The molecule has 0 N–H and O–H groups in total. The highest BCUT2D eigenvalue weighted by Crippen LogP contribution is 2.30. The van der Waals surface area contributed by atoms with Gasteiger partial charge in [-0.2, -0.15) is 0 Å². The topological polar surface area (TPSA) is 26.3 Å². The summed E-state index contributed by atoms with van der Waals surface area (Å²) in [6.45, 7) is 4.33. The number of halogens is 1. The van der Waals surface area contributed by atoms with Crippen LogP contribution in [-0.4, -0.2) is 5.97 Å². The van der Waals surface area contributed by atoms with Crippen molar-refractivity contribution in [2.24, 2.45) is 5.92 Å². The van der Waals surface area contributed by atoms with Crippen LogP contribution in [0.5, 0.6) is 0 Å². The third-order valence-electron chi connectivity index (χ3n) is 3.32. The number of hydrogen-bond donors (Lipinski definition) is 0. The average Bonchev–Trinajstić information content (AvgIpc) is 2.40. The van der Waals surface area contributed by atoms with Crippen LogP contribution in [-0.2, 0) is 7.86 Å². The zero-order chi connectivity index (χ0) is 13.4. The third kappa shape index (κ3) is 4.59. The van der Waals surface area contributed by atoms with Gasteiger partial charge in [-0.1, -0.05) is 63.4 Å². The minimum atomic E-state index is -0.139. The van der Waals surface area contributed by atoms with Gasteiger partial charge in [-0.25, -0.2) is 0 Å². The largest absolute Gasteiger partial charge is 0.394 e. The summed E-state index contributed by atoms with van der Waals surface area (Å²) in [5, 5.41) is 0. The van der Waals surface area contributed by atoms with Crippen LogP contribution in [0.15, 0.2) is 30.3 Å². The van der Waals surface area contributed by atoms with Gasteiger partial charge in [0.05, 0.1) is 5.92 Å². The van der Waals surface area contributed by atoms with E-state index in [0.717, 1.165) is 12.0 Å². The van der Waals surface area contributed by atoms with Crippen LogP contribution < -0.4 is 0 Å². The van der Waals surface area contributed by atoms with Gasteiger partial charge in [-0.05, 0) is 17.9 Å². The van der Waals surface area contributed by atoms with E-state index in [1.807, 2.05) is 30.3 Å². The highest BCUT2D eigenvalue weighted by atomic mass is 127. The van der Waals surface area contributed by atoms with Crippen molar-refractivity contribution in [3.63, 3.8) is 0 Å². The highest BCUT2D eigenvalue weighted by molar-refractivity contribution is 14.1. The molecule has 18 heavy (non-hydrogen) atoms. The summed E-state index contributed by atoms with van der Waals surface area (Å²) in [5.41, 5.74) is 1.06. The normalized spacial score (nSPS) is 13.9. The van der Waals surface area contributed by atoms with Crippen LogP contribution in [0.3, 0.4) is 0 Å². The van der Waals surface area contributed by atoms with E-state index in [0.29, 0.717) is 5.92 Å². The molecule has 1 rings (SSSR count). The molecule has 0 heterocycles. The Balaban J connectivity index is 2.76. The van der Waals surface area contributed by atoms with Crippen molar-refractivity contribution in [1.82, 2.24) is 0 Å². The van der Waals surface area contributed by atoms with Gasteiger partial charge < -0.3 is 3.07 Å². The van der Waals surface area contributed by atoms with Gasteiger partial charge >= 0.3 is 5.97 Å². The first-order valence-corrected chi connectivity index (χ1v) is 7.46. The molecule has 100 valence electrons. The van der Waals surface area contributed by atoms with Gasteiger partial charge in [0, 0.05) is 0 Å². The van der Waals surface area contributed by atoms with Gasteiger partial charge in [0.25, 0.3) is 0 Å². The Hall–Kier alpha value is -0.580. The molecule has 0 spiro atoms. The van der Waals surface area contributed by atoms with E-state index in [2.05, 4.69) is 13.8 Å². The van der Waals surface area contributed by atoms with Crippen LogP contribution in [0, 0.1) is 5.92 Å². The van der Waals surface area contributed by atoms with Crippen LogP contribution >= 0.6 is 23.0 Å². The lowest BCUT2D eigenvalue weighted by Crippen LogP contribution is -2.20. The summed E-state index contributed by atoms with van der Waals surface area (Å²) < 4.78 is 4.93. The smallest absolute Gasteiger partial charge is 0.323 e. The molecular formula is C15H21IO2. The molecule has 3 heteroatoms. The fourth-order valence-electron chi connectivity index (χ4n) is 2.29. The number of unbranched alkanes of at least 4 members (excludes halogenated alkanes) is 2. The lowest BCUT2D eigenvalue weighted by molar-refractivity contribution is -0.134. The second kappa shape index (κ2) is 8.51. The lowest BCUT2D eigenvalue weighted by Gasteiger charge is -2.21. The van der Waals surface area contributed by atoms with Gasteiger partial charge in [0.2, 0.25) is 0 Å². The minimum Gasteiger partial charge on any atom is -0.394 e. The second-order valence-electron chi connectivity index (χ2n) is 4.76.